The van der Waals surface area contributed by atoms with Gasteiger partial charge < -0.3 is 15.2 Å². The maximum absolute atomic E-state index is 13.1. The summed E-state index contributed by atoms with van der Waals surface area (Å²) in [4.78, 5) is 35.0. The van der Waals surface area contributed by atoms with E-state index >= 15 is 0 Å². The Bertz CT molecular complexity index is 1470. The molecule has 0 saturated carbocycles. The van der Waals surface area contributed by atoms with Crippen LogP contribution in [0.15, 0.2) is 76.7 Å². The molecule has 0 spiro atoms. The second-order valence-corrected chi connectivity index (χ2v) is 9.37. The minimum absolute atomic E-state index is 0.0554. The number of anilines is 2. The van der Waals surface area contributed by atoms with Crippen LogP contribution in [0.3, 0.4) is 0 Å². The van der Waals surface area contributed by atoms with Gasteiger partial charge in [-0.2, -0.15) is 5.26 Å². The molecule has 176 valence electrons. The van der Waals surface area contributed by atoms with Crippen LogP contribution in [0, 0.1) is 11.3 Å². The summed E-state index contributed by atoms with van der Waals surface area (Å²) in [5, 5.41) is 14.4. The average molecular weight is 484 g/mol. The summed E-state index contributed by atoms with van der Waals surface area (Å²) in [5.41, 5.74) is 2.10. The van der Waals surface area contributed by atoms with Crippen LogP contribution >= 0.6 is 11.8 Å². The zero-order valence-electron chi connectivity index (χ0n) is 19.7. The highest BCUT2D eigenvalue weighted by Gasteiger charge is 2.22. The van der Waals surface area contributed by atoms with Crippen LogP contribution in [-0.2, 0) is 4.79 Å². The minimum Gasteiger partial charge on any atom is -0.378 e. The van der Waals surface area contributed by atoms with Gasteiger partial charge in [0.1, 0.15) is 11.6 Å². The monoisotopic (exact) mass is 483 g/mol. The lowest BCUT2D eigenvalue weighted by Gasteiger charge is -2.16. The Morgan fingerprint density at radius 2 is 1.83 bits per heavy atom. The molecule has 0 aliphatic carbocycles. The van der Waals surface area contributed by atoms with E-state index in [0.717, 1.165) is 22.1 Å². The van der Waals surface area contributed by atoms with Crippen LogP contribution in [0.4, 0.5) is 11.4 Å². The Hall–Kier alpha value is -4.09. The molecule has 0 unspecified atom stereocenters. The SMILES string of the molecule is CC[C@H](Sc1nc(-c2ccc(N(C)C)cc2)c(C#N)c(=O)[nH]1)C(=O)Nc1cccc2ccccc12. The summed E-state index contributed by atoms with van der Waals surface area (Å²) in [6, 6.07) is 23.0. The van der Waals surface area contributed by atoms with Gasteiger partial charge in [-0.3, -0.25) is 9.59 Å². The van der Waals surface area contributed by atoms with Crippen molar-refractivity contribution in [1.82, 2.24) is 9.97 Å². The van der Waals surface area contributed by atoms with Gasteiger partial charge in [0.25, 0.3) is 5.56 Å². The van der Waals surface area contributed by atoms with Gasteiger partial charge in [0.05, 0.1) is 10.9 Å². The number of nitriles is 1. The lowest BCUT2D eigenvalue weighted by atomic mass is 10.1. The third-order valence-corrected chi connectivity index (χ3v) is 6.88. The number of aromatic amines is 1. The first-order valence-corrected chi connectivity index (χ1v) is 12.1. The Kier molecular flexibility index (Phi) is 7.18. The summed E-state index contributed by atoms with van der Waals surface area (Å²) >= 11 is 1.18. The van der Waals surface area contributed by atoms with Crippen molar-refractivity contribution in [2.75, 3.05) is 24.3 Å². The van der Waals surface area contributed by atoms with E-state index in [4.69, 9.17) is 0 Å². The highest BCUT2D eigenvalue weighted by Crippen LogP contribution is 2.29. The number of benzene rings is 3. The van der Waals surface area contributed by atoms with E-state index < -0.39 is 10.8 Å². The van der Waals surface area contributed by atoms with Gasteiger partial charge in [0, 0.05) is 36.4 Å². The van der Waals surface area contributed by atoms with Gasteiger partial charge in [-0.05, 0) is 30.0 Å². The molecular formula is C27H25N5O2S. The first-order valence-electron chi connectivity index (χ1n) is 11.2. The number of hydrogen-bond donors (Lipinski definition) is 2. The number of carbonyl (C=O) groups is 1. The predicted molar refractivity (Wildman–Crippen MR) is 142 cm³/mol. The highest BCUT2D eigenvalue weighted by molar-refractivity contribution is 8.00. The van der Waals surface area contributed by atoms with Crippen LogP contribution < -0.4 is 15.8 Å². The average Bonchev–Trinajstić information content (AvgIpc) is 2.87. The topological polar surface area (TPSA) is 102 Å². The molecule has 0 aliphatic rings. The molecule has 4 rings (SSSR count). The Morgan fingerprint density at radius 1 is 1.11 bits per heavy atom. The van der Waals surface area contributed by atoms with E-state index in [1.54, 1.807) is 0 Å². The number of amides is 1. The number of H-pyrrole nitrogens is 1. The Balaban J connectivity index is 1.62. The van der Waals surface area contributed by atoms with Crippen LogP contribution in [-0.4, -0.2) is 35.2 Å². The molecule has 2 N–H and O–H groups in total. The Labute approximate surface area is 207 Å². The number of thioether (sulfide) groups is 1. The second-order valence-electron chi connectivity index (χ2n) is 8.18. The van der Waals surface area contributed by atoms with Gasteiger partial charge in [-0.1, -0.05) is 67.2 Å². The molecule has 35 heavy (non-hydrogen) atoms. The quantitative estimate of drug-likeness (QED) is 0.282. The molecule has 8 heteroatoms. The first-order chi connectivity index (χ1) is 16.9. The molecule has 3 aromatic carbocycles. The summed E-state index contributed by atoms with van der Waals surface area (Å²) in [7, 11) is 3.87. The van der Waals surface area contributed by atoms with E-state index in [-0.39, 0.29) is 11.5 Å². The summed E-state index contributed by atoms with van der Waals surface area (Å²) in [5.74, 6) is -0.183. The smallest absolute Gasteiger partial charge is 0.270 e. The van der Waals surface area contributed by atoms with Gasteiger partial charge >= 0.3 is 0 Å². The van der Waals surface area contributed by atoms with Crippen molar-refractivity contribution in [3.8, 4) is 17.3 Å². The fourth-order valence-electron chi connectivity index (χ4n) is 3.74. The van der Waals surface area contributed by atoms with E-state index in [9.17, 15) is 14.9 Å². The summed E-state index contributed by atoms with van der Waals surface area (Å²) in [6.45, 7) is 1.91. The number of nitrogens with zero attached hydrogens (tertiary/aromatic N) is 3. The molecule has 0 bridgehead atoms. The van der Waals surface area contributed by atoms with Crippen LogP contribution in [0.5, 0.6) is 0 Å². The highest BCUT2D eigenvalue weighted by atomic mass is 32.2. The standard InChI is InChI=1S/C27H25N5O2S/c1-4-23(26(34)29-22-11-7-9-17-8-5-6-10-20(17)22)35-27-30-24(21(16-28)25(33)31-27)18-12-14-19(15-13-18)32(2)3/h5-15,23H,4H2,1-3H3,(H,29,34)(H,30,31,33)/t23-/m0/s1. The number of hydrogen-bond acceptors (Lipinski definition) is 6. The second kappa shape index (κ2) is 10.5. The van der Waals surface area contributed by atoms with Crippen molar-refractivity contribution < 1.29 is 4.79 Å². The van der Waals surface area contributed by atoms with Crippen LogP contribution in [0.2, 0.25) is 0 Å². The lowest BCUT2D eigenvalue weighted by molar-refractivity contribution is -0.115. The number of rotatable bonds is 7. The number of carbonyl (C=O) groups excluding carboxylic acids is 1. The minimum atomic E-state index is -0.527. The number of nitrogens with one attached hydrogen (secondary N) is 2. The van der Waals surface area contributed by atoms with E-state index in [1.807, 2.05) is 98.7 Å². The van der Waals surface area contributed by atoms with Crippen molar-refractivity contribution in [2.24, 2.45) is 0 Å². The Morgan fingerprint density at radius 3 is 2.51 bits per heavy atom. The van der Waals surface area contributed by atoms with Crippen molar-refractivity contribution in [2.45, 2.75) is 23.8 Å². The third-order valence-electron chi connectivity index (χ3n) is 5.63. The molecule has 0 saturated heterocycles. The first kappa shape index (κ1) is 24.0. The fourth-order valence-corrected chi connectivity index (χ4v) is 4.64. The van der Waals surface area contributed by atoms with Crippen molar-refractivity contribution in [3.05, 3.63) is 82.6 Å². The van der Waals surface area contributed by atoms with Crippen molar-refractivity contribution in [1.29, 1.82) is 5.26 Å². The lowest BCUT2D eigenvalue weighted by Crippen LogP contribution is -2.25. The summed E-state index contributed by atoms with van der Waals surface area (Å²) < 4.78 is 0. The van der Waals surface area contributed by atoms with Crippen LogP contribution in [0.1, 0.15) is 18.9 Å². The zero-order chi connectivity index (χ0) is 24.9. The van der Waals surface area contributed by atoms with Gasteiger partial charge in [-0.25, -0.2) is 4.98 Å². The number of fused-ring (bicyclic) bond motifs is 1. The normalized spacial score (nSPS) is 11.6. The molecule has 0 fully saturated rings. The molecule has 7 nitrogen and oxygen atoms in total. The molecular weight excluding hydrogens is 458 g/mol. The van der Waals surface area contributed by atoms with Gasteiger partial charge in [0.2, 0.25) is 5.91 Å². The molecule has 1 aromatic heterocycles. The van der Waals surface area contributed by atoms with E-state index in [0.29, 0.717) is 22.8 Å². The molecule has 0 radical (unpaired) electrons. The zero-order valence-corrected chi connectivity index (χ0v) is 20.5. The molecule has 1 heterocycles. The fraction of sp³-hybridized carbons (Fsp3) is 0.185. The van der Waals surface area contributed by atoms with Gasteiger partial charge in [0.15, 0.2) is 5.16 Å². The van der Waals surface area contributed by atoms with Crippen molar-refractivity contribution >= 4 is 39.8 Å². The maximum atomic E-state index is 13.1. The van der Waals surface area contributed by atoms with Gasteiger partial charge in [-0.15, -0.1) is 0 Å². The molecule has 4 aromatic rings. The molecule has 1 amide bonds. The summed E-state index contributed by atoms with van der Waals surface area (Å²) in [6.07, 6.45) is 0.526. The third kappa shape index (κ3) is 5.20. The number of aromatic nitrogens is 2. The predicted octanol–water partition coefficient (Wildman–Crippen LogP) is 5.04. The molecule has 1 atom stereocenters. The largest absolute Gasteiger partial charge is 0.378 e. The molecule has 0 aliphatic heterocycles. The van der Waals surface area contributed by atoms with E-state index in [1.165, 1.54) is 11.8 Å². The maximum Gasteiger partial charge on any atom is 0.270 e. The van der Waals surface area contributed by atoms with E-state index in [2.05, 4.69) is 15.3 Å². The van der Waals surface area contributed by atoms with Crippen molar-refractivity contribution in [3.63, 3.8) is 0 Å². The van der Waals surface area contributed by atoms with Crippen LogP contribution in [0.25, 0.3) is 22.0 Å².